The number of nitrogens with zero attached hydrogens (tertiary/aromatic N) is 5. The molecule has 0 aliphatic rings. The van der Waals surface area contributed by atoms with Crippen LogP contribution in [0, 0.1) is 0 Å². The maximum atomic E-state index is 6.19. The molecule has 3 heterocycles. The SMILES string of the molecule is Clc1ccccc1COc1ccc(OCc2nn3c(-c4cc(-c5ccccc5)n[nH]4)nnc3s2)cc1. The summed E-state index contributed by atoms with van der Waals surface area (Å²) in [6, 6.07) is 27.0. The first-order chi connectivity index (χ1) is 17.7. The maximum absolute atomic E-state index is 6.19. The molecule has 3 aromatic carbocycles. The van der Waals surface area contributed by atoms with Gasteiger partial charge in [0, 0.05) is 16.1 Å². The van der Waals surface area contributed by atoms with E-state index in [4.69, 9.17) is 21.1 Å². The van der Waals surface area contributed by atoms with Crippen LogP contribution in [0.3, 0.4) is 0 Å². The molecule has 0 bridgehead atoms. The van der Waals surface area contributed by atoms with Crippen molar-refractivity contribution in [2.45, 2.75) is 13.2 Å². The van der Waals surface area contributed by atoms with Crippen molar-refractivity contribution in [2.75, 3.05) is 0 Å². The van der Waals surface area contributed by atoms with Crippen molar-refractivity contribution in [1.29, 1.82) is 0 Å². The monoisotopic (exact) mass is 514 g/mol. The largest absolute Gasteiger partial charge is 0.489 e. The van der Waals surface area contributed by atoms with Crippen LogP contribution in [0.1, 0.15) is 10.6 Å². The van der Waals surface area contributed by atoms with Gasteiger partial charge >= 0.3 is 0 Å². The Morgan fingerprint density at radius 1 is 0.833 bits per heavy atom. The van der Waals surface area contributed by atoms with Gasteiger partial charge in [-0.3, -0.25) is 5.10 Å². The van der Waals surface area contributed by atoms with E-state index in [0.29, 0.717) is 34.8 Å². The number of aromatic nitrogens is 6. The summed E-state index contributed by atoms with van der Waals surface area (Å²) in [6.07, 6.45) is 0. The molecule has 0 saturated heterocycles. The van der Waals surface area contributed by atoms with Crippen molar-refractivity contribution < 1.29 is 9.47 Å². The summed E-state index contributed by atoms with van der Waals surface area (Å²) < 4.78 is 13.5. The van der Waals surface area contributed by atoms with Crippen LogP contribution >= 0.6 is 22.9 Å². The minimum atomic E-state index is 0.311. The number of aromatic amines is 1. The van der Waals surface area contributed by atoms with Gasteiger partial charge in [0.25, 0.3) is 0 Å². The highest BCUT2D eigenvalue weighted by molar-refractivity contribution is 7.16. The first-order valence-corrected chi connectivity index (χ1v) is 12.3. The van der Waals surface area contributed by atoms with Gasteiger partial charge in [-0.1, -0.05) is 71.5 Å². The first-order valence-electron chi connectivity index (χ1n) is 11.1. The molecule has 0 aliphatic heterocycles. The third-order valence-corrected chi connectivity index (χ3v) is 6.70. The van der Waals surface area contributed by atoms with Gasteiger partial charge in [-0.15, -0.1) is 10.2 Å². The Labute approximate surface area is 215 Å². The van der Waals surface area contributed by atoms with Crippen molar-refractivity contribution in [2.24, 2.45) is 0 Å². The molecule has 36 heavy (non-hydrogen) atoms. The molecule has 6 rings (SSSR count). The molecule has 0 aliphatic carbocycles. The zero-order valence-corrected chi connectivity index (χ0v) is 20.4. The van der Waals surface area contributed by atoms with Crippen LogP contribution in [0.5, 0.6) is 11.5 Å². The van der Waals surface area contributed by atoms with Gasteiger partial charge in [-0.25, -0.2) is 0 Å². The Balaban J connectivity index is 1.10. The summed E-state index contributed by atoms with van der Waals surface area (Å²) in [5.41, 5.74) is 3.54. The third kappa shape index (κ3) is 4.66. The van der Waals surface area contributed by atoms with E-state index in [1.165, 1.54) is 11.3 Å². The average molecular weight is 515 g/mol. The van der Waals surface area contributed by atoms with E-state index in [0.717, 1.165) is 33.3 Å². The second-order valence-electron chi connectivity index (χ2n) is 7.89. The summed E-state index contributed by atoms with van der Waals surface area (Å²) in [7, 11) is 0. The molecule has 0 fully saturated rings. The molecule has 0 saturated carbocycles. The normalized spacial score (nSPS) is 11.1. The molecule has 0 amide bonds. The molecule has 6 aromatic rings. The van der Waals surface area contributed by atoms with E-state index in [1.807, 2.05) is 84.9 Å². The van der Waals surface area contributed by atoms with E-state index in [1.54, 1.807) is 4.52 Å². The molecule has 0 unspecified atom stereocenters. The van der Waals surface area contributed by atoms with E-state index in [9.17, 15) is 0 Å². The molecule has 8 nitrogen and oxygen atoms in total. The van der Waals surface area contributed by atoms with E-state index in [-0.39, 0.29) is 0 Å². The molecule has 10 heteroatoms. The summed E-state index contributed by atoms with van der Waals surface area (Å²) in [4.78, 5) is 0.683. The molecule has 3 aromatic heterocycles. The predicted octanol–water partition coefficient (Wildman–Crippen LogP) is 6.05. The maximum Gasteiger partial charge on any atom is 0.235 e. The fourth-order valence-electron chi connectivity index (χ4n) is 3.63. The van der Waals surface area contributed by atoms with E-state index < -0.39 is 0 Å². The zero-order valence-electron chi connectivity index (χ0n) is 18.8. The van der Waals surface area contributed by atoms with E-state index >= 15 is 0 Å². The van der Waals surface area contributed by atoms with Gasteiger partial charge in [0.15, 0.2) is 5.01 Å². The molecular weight excluding hydrogens is 496 g/mol. The third-order valence-electron chi connectivity index (χ3n) is 5.46. The standard InChI is InChI=1S/C26H19ClN6O2S/c27-21-9-5-4-8-18(21)15-34-19-10-12-20(13-11-19)35-16-24-32-33-25(30-31-26(33)36-24)23-14-22(28-29-23)17-6-2-1-3-7-17/h1-14H,15-16H2,(H,28,29). The summed E-state index contributed by atoms with van der Waals surface area (Å²) in [5, 5.41) is 22.1. The lowest BCUT2D eigenvalue weighted by Crippen LogP contribution is -1.98. The Hall–Kier alpha value is -4.21. The smallest absolute Gasteiger partial charge is 0.235 e. The van der Waals surface area contributed by atoms with Crippen LogP contribution in [-0.4, -0.2) is 30.0 Å². The predicted molar refractivity (Wildman–Crippen MR) is 138 cm³/mol. The second-order valence-corrected chi connectivity index (χ2v) is 9.33. The number of halogens is 1. The van der Waals surface area contributed by atoms with Crippen LogP contribution in [-0.2, 0) is 13.2 Å². The molecule has 178 valence electrons. The number of hydrogen-bond donors (Lipinski definition) is 1. The fourth-order valence-corrected chi connectivity index (χ4v) is 4.57. The summed E-state index contributed by atoms with van der Waals surface area (Å²) >= 11 is 7.61. The lowest BCUT2D eigenvalue weighted by Gasteiger charge is -2.09. The van der Waals surface area contributed by atoms with Crippen molar-refractivity contribution in [1.82, 2.24) is 30.0 Å². The Morgan fingerprint density at radius 3 is 2.33 bits per heavy atom. The molecule has 0 spiro atoms. The van der Waals surface area contributed by atoms with Crippen LogP contribution in [0.25, 0.3) is 27.7 Å². The van der Waals surface area contributed by atoms with Gasteiger partial charge in [-0.2, -0.15) is 14.7 Å². The van der Waals surface area contributed by atoms with Gasteiger partial charge in [0.05, 0.1) is 5.69 Å². The van der Waals surface area contributed by atoms with Crippen molar-refractivity contribution >= 4 is 27.9 Å². The van der Waals surface area contributed by atoms with Gasteiger partial charge in [-0.05, 0) is 36.4 Å². The van der Waals surface area contributed by atoms with Gasteiger partial charge < -0.3 is 9.47 Å². The Kier molecular flexibility index (Phi) is 6.06. The van der Waals surface area contributed by atoms with Crippen LogP contribution in [0.2, 0.25) is 5.02 Å². The zero-order chi connectivity index (χ0) is 24.3. The summed E-state index contributed by atoms with van der Waals surface area (Å²) in [5.74, 6) is 2.05. The number of rotatable bonds is 8. The minimum absolute atomic E-state index is 0.311. The average Bonchev–Trinajstić information content (AvgIpc) is 3.64. The topological polar surface area (TPSA) is 90.2 Å². The highest BCUT2D eigenvalue weighted by Crippen LogP contribution is 2.26. The lowest BCUT2D eigenvalue weighted by atomic mass is 10.1. The van der Waals surface area contributed by atoms with Crippen LogP contribution in [0.4, 0.5) is 0 Å². The van der Waals surface area contributed by atoms with Crippen LogP contribution in [0.15, 0.2) is 84.9 Å². The highest BCUT2D eigenvalue weighted by atomic mass is 35.5. The molecule has 0 radical (unpaired) electrons. The number of H-pyrrole nitrogens is 1. The minimum Gasteiger partial charge on any atom is -0.489 e. The van der Waals surface area contributed by atoms with Crippen molar-refractivity contribution in [3.63, 3.8) is 0 Å². The van der Waals surface area contributed by atoms with E-state index in [2.05, 4.69) is 25.5 Å². The Bertz CT molecular complexity index is 1610. The number of nitrogens with one attached hydrogen (secondary N) is 1. The summed E-state index contributed by atoms with van der Waals surface area (Å²) in [6.45, 7) is 0.712. The quantitative estimate of drug-likeness (QED) is 0.266. The number of hydrogen-bond acceptors (Lipinski definition) is 7. The number of fused-ring (bicyclic) bond motifs is 1. The molecule has 1 N–H and O–H groups in total. The first kappa shape index (κ1) is 22.3. The molecule has 0 atom stereocenters. The number of ether oxygens (including phenoxy) is 2. The van der Waals surface area contributed by atoms with Crippen LogP contribution < -0.4 is 9.47 Å². The second kappa shape index (κ2) is 9.80. The lowest BCUT2D eigenvalue weighted by molar-refractivity contribution is 0.296. The molecular formula is C26H19ClN6O2S. The van der Waals surface area contributed by atoms with Gasteiger partial charge in [0.1, 0.15) is 30.4 Å². The van der Waals surface area contributed by atoms with Crippen molar-refractivity contribution in [3.05, 3.63) is 101 Å². The number of benzene rings is 3. The highest BCUT2D eigenvalue weighted by Gasteiger charge is 2.16. The Morgan fingerprint density at radius 2 is 1.56 bits per heavy atom. The fraction of sp³-hybridized carbons (Fsp3) is 0.0769. The van der Waals surface area contributed by atoms with Gasteiger partial charge in [0.2, 0.25) is 10.8 Å². The van der Waals surface area contributed by atoms with Crippen molar-refractivity contribution in [3.8, 4) is 34.3 Å².